The van der Waals surface area contributed by atoms with Crippen LogP contribution in [0.4, 0.5) is 0 Å². The van der Waals surface area contributed by atoms with Gasteiger partial charge in [0.1, 0.15) is 0 Å². The van der Waals surface area contributed by atoms with E-state index in [9.17, 15) is 5.26 Å². The highest BCUT2D eigenvalue weighted by molar-refractivity contribution is 6.30. The molecular formula is C22H16ClN. The molecule has 0 aliphatic rings. The summed E-state index contributed by atoms with van der Waals surface area (Å²) in [5.74, 6) is 0. The first kappa shape index (κ1) is 16.1. The third kappa shape index (κ3) is 3.56. The van der Waals surface area contributed by atoms with Gasteiger partial charge in [0.25, 0.3) is 0 Å². The van der Waals surface area contributed by atoms with Crippen LogP contribution in [0, 0.1) is 11.3 Å². The lowest BCUT2D eigenvalue weighted by molar-refractivity contribution is 1.28. The van der Waals surface area contributed by atoms with Crippen LogP contribution in [0.15, 0.2) is 79.4 Å². The molecule has 0 spiro atoms. The Kier molecular flexibility index (Phi) is 4.79. The SMILES string of the molecule is C=C(Cc1ccc(-c2ccccc2)cc1)c1cc(Cl)ccc1C#N. The molecule has 0 aliphatic carbocycles. The van der Waals surface area contributed by atoms with Crippen LogP contribution in [-0.4, -0.2) is 0 Å². The number of benzene rings is 3. The van der Waals surface area contributed by atoms with Crippen LogP contribution >= 0.6 is 11.6 Å². The van der Waals surface area contributed by atoms with Crippen molar-refractivity contribution in [2.24, 2.45) is 0 Å². The van der Waals surface area contributed by atoms with Gasteiger partial charge in [-0.25, -0.2) is 0 Å². The highest BCUT2D eigenvalue weighted by Gasteiger charge is 2.08. The van der Waals surface area contributed by atoms with Crippen molar-refractivity contribution in [3.05, 3.63) is 101 Å². The molecule has 0 N–H and O–H groups in total. The number of allylic oxidation sites excluding steroid dienone is 1. The van der Waals surface area contributed by atoms with E-state index < -0.39 is 0 Å². The molecule has 0 bridgehead atoms. The Labute approximate surface area is 147 Å². The molecule has 3 aromatic carbocycles. The van der Waals surface area contributed by atoms with Crippen LogP contribution in [0.25, 0.3) is 16.7 Å². The van der Waals surface area contributed by atoms with Crippen LogP contribution in [0.1, 0.15) is 16.7 Å². The molecule has 24 heavy (non-hydrogen) atoms. The van der Waals surface area contributed by atoms with E-state index in [1.54, 1.807) is 18.2 Å². The molecule has 3 aromatic rings. The Morgan fingerprint density at radius 3 is 2.25 bits per heavy atom. The van der Waals surface area contributed by atoms with E-state index >= 15 is 0 Å². The van der Waals surface area contributed by atoms with Crippen LogP contribution in [0.5, 0.6) is 0 Å². The Hall–Kier alpha value is -2.82. The summed E-state index contributed by atoms with van der Waals surface area (Å²) in [6.07, 6.45) is 0.685. The largest absolute Gasteiger partial charge is 0.192 e. The molecule has 0 fully saturated rings. The fourth-order valence-electron chi connectivity index (χ4n) is 2.69. The highest BCUT2D eigenvalue weighted by atomic mass is 35.5. The fourth-order valence-corrected chi connectivity index (χ4v) is 2.87. The van der Waals surface area contributed by atoms with Crippen molar-refractivity contribution >= 4 is 17.2 Å². The summed E-state index contributed by atoms with van der Waals surface area (Å²) in [4.78, 5) is 0. The molecule has 1 nitrogen and oxygen atoms in total. The van der Waals surface area contributed by atoms with Gasteiger partial charge >= 0.3 is 0 Å². The van der Waals surface area contributed by atoms with E-state index in [0.717, 1.165) is 16.7 Å². The number of nitriles is 1. The minimum atomic E-state index is 0.602. The Balaban J connectivity index is 1.81. The highest BCUT2D eigenvalue weighted by Crippen LogP contribution is 2.26. The maximum absolute atomic E-state index is 9.25. The summed E-state index contributed by atoms with van der Waals surface area (Å²) in [5.41, 5.74) is 5.85. The third-order valence-corrected chi connectivity index (χ3v) is 4.20. The molecule has 0 amide bonds. The van der Waals surface area contributed by atoms with E-state index in [4.69, 9.17) is 11.6 Å². The van der Waals surface area contributed by atoms with Crippen LogP contribution in [-0.2, 0) is 6.42 Å². The van der Waals surface area contributed by atoms with E-state index in [0.29, 0.717) is 17.0 Å². The van der Waals surface area contributed by atoms with Crippen molar-refractivity contribution < 1.29 is 0 Å². The molecule has 0 radical (unpaired) electrons. The van der Waals surface area contributed by atoms with E-state index in [1.807, 2.05) is 18.2 Å². The van der Waals surface area contributed by atoms with Crippen molar-refractivity contribution in [3.63, 3.8) is 0 Å². The van der Waals surface area contributed by atoms with Gasteiger partial charge in [-0.05, 0) is 52.4 Å². The molecule has 0 saturated heterocycles. The average Bonchev–Trinajstić information content (AvgIpc) is 2.63. The van der Waals surface area contributed by atoms with Crippen LogP contribution in [0.2, 0.25) is 5.02 Å². The minimum Gasteiger partial charge on any atom is -0.192 e. The average molecular weight is 330 g/mol. The van der Waals surface area contributed by atoms with Gasteiger partial charge in [0.15, 0.2) is 0 Å². The second-order valence-electron chi connectivity index (χ2n) is 5.64. The van der Waals surface area contributed by atoms with Crippen molar-refractivity contribution in [1.82, 2.24) is 0 Å². The first-order chi connectivity index (χ1) is 11.7. The Morgan fingerprint density at radius 2 is 1.58 bits per heavy atom. The summed E-state index contributed by atoms with van der Waals surface area (Å²) >= 11 is 6.06. The maximum atomic E-state index is 9.25. The number of nitrogens with zero attached hydrogens (tertiary/aromatic N) is 1. The maximum Gasteiger partial charge on any atom is 0.0998 e. The predicted molar refractivity (Wildman–Crippen MR) is 101 cm³/mol. The van der Waals surface area contributed by atoms with Crippen molar-refractivity contribution in [2.45, 2.75) is 6.42 Å². The smallest absolute Gasteiger partial charge is 0.0998 e. The van der Waals surface area contributed by atoms with Gasteiger partial charge in [0, 0.05) is 5.02 Å². The molecule has 116 valence electrons. The molecule has 2 heteroatoms. The lowest BCUT2D eigenvalue weighted by Crippen LogP contribution is -1.93. The second kappa shape index (κ2) is 7.17. The lowest BCUT2D eigenvalue weighted by atomic mass is 9.95. The quantitative estimate of drug-likeness (QED) is 0.564. The lowest BCUT2D eigenvalue weighted by Gasteiger charge is -2.10. The first-order valence-electron chi connectivity index (χ1n) is 7.69. The standard InChI is InChI=1S/C22H16ClN/c1-16(22-14-21(23)12-11-20(22)15-24)13-17-7-9-19(10-8-17)18-5-3-2-4-6-18/h2-12,14H,1,13H2. The molecule has 0 saturated carbocycles. The van der Waals surface area contributed by atoms with Crippen molar-refractivity contribution in [3.8, 4) is 17.2 Å². The first-order valence-corrected chi connectivity index (χ1v) is 8.07. The van der Waals surface area contributed by atoms with Crippen LogP contribution < -0.4 is 0 Å². The van der Waals surface area contributed by atoms with Crippen LogP contribution in [0.3, 0.4) is 0 Å². The molecular weight excluding hydrogens is 314 g/mol. The zero-order chi connectivity index (χ0) is 16.9. The van der Waals surface area contributed by atoms with E-state index in [-0.39, 0.29) is 0 Å². The van der Waals surface area contributed by atoms with Gasteiger partial charge in [-0.3, -0.25) is 0 Å². The normalized spacial score (nSPS) is 10.2. The second-order valence-corrected chi connectivity index (χ2v) is 6.08. The molecule has 0 heterocycles. The Morgan fingerprint density at radius 1 is 0.917 bits per heavy atom. The topological polar surface area (TPSA) is 23.8 Å². The van der Waals surface area contributed by atoms with Crippen molar-refractivity contribution in [2.75, 3.05) is 0 Å². The molecule has 0 aliphatic heterocycles. The van der Waals surface area contributed by atoms with Gasteiger partial charge in [-0.2, -0.15) is 5.26 Å². The third-order valence-electron chi connectivity index (χ3n) is 3.96. The molecule has 0 unspecified atom stereocenters. The summed E-state index contributed by atoms with van der Waals surface area (Å²) in [6.45, 7) is 4.14. The number of halogens is 1. The fraction of sp³-hybridized carbons (Fsp3) is 0.0455. The van der Waals surface area contributed by atoms with Gasteiger partial charge in [-0.15, -0.1) is 0 Å². The molecule has 0 aromatic heterocycles. The predicted octanol–water partition coefficient (Wildman–Crippen LogP) is 6.13. The molecule has 0 atom stereocenters. The molecule has 3 rings (SSSR count). The zero-order valence-corrected chi connectivity index (χ0v) is 13.9. The minimum absolute atomic E-state index is 0.602. The summed E-state index contributed by atoms with van der Waals surface area (Å²) in [6, 6.07) is 26.2. The monoisotopic (exact) mass is 329 g/mol. The van der Waals surface area contributed by atoms with Gasteiger partial charge in [0.05, 0.1) is 11.6 Å². The van der Waals surface area contributed by atoms with Crippen molar-refractivity contribution in [1.29, 1.82) is 5.26 Å². The number of hydrogen-bond acceptors (Lipinski definition) is 1. The van der Waals surface area contributed by atoms with E-state index in [2.05, 4.69) is 49.0 Å². The summed E-state index contributed by atoms with van der Waals surface area (Å²) < 4.78 is 0. The van der Waals surface area contributed by atoms with Gasteiger partial charge in [-0.1, -0.05) is 72.8 Å². The summed E-state index contributed by atoms with van der Waals surface area (Å²) in [5, 5.41) is 9.87. The van der Waals surface area contributed by atoms with Gasteiger partial charge < -0.3 is 0 Å². The summed E-state index contributed by atoms with van der Waals surface area (Å²) in [7, 11) is 0. The van der Waals surface area contributed by atoms with E-state index in [1.165, 1.54) is 11.1 Å². The number of hydrogen-bond donors (Lipinski definition) is 0. The van der Waals surface area contributed by atoms with Gasteiger partial charge in [0.2, 0.25) is 0 Å². The zero-order valence-electron chi connectivity index (χ0n) is 13.2. The Bertz CT molecular complexity index is 903. The number of rotatable bonds is 4.